The summed E-state index contributed by atoms with van der Waals surface area (Å²) in [6.45, 7) is 0. The Balaban J connectivity index is -0.00000000667. The molecule has 0 aromatic heterocycles. The SMILES string of the molecule is [B].[Fe].[Nd].[O]=[Ti]=[O]. The average Bonchev–Trinajstić information content (AvgIpc) is 0.918. The predicted molar refractivity (Wildman–Crippen MR) is 7.13 cm³/mol. The summed E-state index contributed by atoms with van der Waals surface area (Å²) >= 11 is -2.00. The van der Waals surface area contributed by atoms with Gasteiger partial charge in [-0.2, -0.15) is 0 Å². The summed E-state index contributed by atoms with van der Waals surface area (Å²) in [7, 11) is 0. The van der Waals surface area contributed by atoms with Crippen molar-refractivity contribution in [3.8, 4) is 0 Å². The first-order valence-corrected chi connectivity index (χ1v) is 1.68. The van der Waals surface area contributed by atoms with Crippen LogP contribution in [0.4, 0.5) is 0 Å². The van der Waals surface area contributed by atoms with Crippen molar-refractivity contribution in [2.75, 3.05) is 0 Å². The molecule has 6 heavy (non-hydrogen) atoms. The topological polar surface area (TPSA) is 34.1 Å². The second kappa shape index (κ2) is 26.8. The zero-order valence-electron chi connectivity index (χ0n) is 2.75. The fraction of sp³-hybridized carbons (Fsp3) is 0. The van der Waals surface area contributed by atoms with Crippen LogP contribution in [0.3, 0.4) is 0 Å². The van der Waals surface area contributed by atoms with Gasteiger partial charge >= 0.3 is 25.7 Å². The summed E-state index contributed by atoms with van der Waals surface area (Å²) < 4.78 is 17.0. The van der Waals surface area contributed by atoms with E-state index in [9.17, 15) is 0 Å². The zero-order chi connectivity index (χ0) is 2.71. The van der Waals surface area contributed by atoms with Gasteiger partial charge in [-0.25, -0.2) is 0 Å². The van der Waals surface area contributed by atoms with Gasteiger partial charge in [0.1, 0.15) is 0 Å². The molecule has 0 N–H and O–H groups in total. The number of hydrogen-bond acceptors (Lipinski definition) is 2. The molecule has 0 aromatic carbocycles. The molecule has 2 nitrogen and oxygen atoms in total. The van der Waals surface area contributed by atoms with E-state index in [1.54, 1.807) is 0 Å². The Bertz CT molecular complexity index is 34.5. The molecule has 0 fully saturated rings. The molecule has 6 heteroatoms. The quantitative estimate of drug-likeness (QED) is 0.557. The predicted octanol–water partition coefficient (Wildman–Crippen LogP) is -0.623. The molecule has 0 saturated heterocycles. The summed E-state index contributed by atoms with van der Waals surface area (Å²) in [4.78, 5) is 0. The van der Waals surface area contributed by atoms with Crippen LogP contribution in [-0.4, -0.2) is 8.41 Å². The van der Waals surface area contributed by atoms with Crippen molar-refractivity contribution in [1.82, 2.24) is 0 Å². The average molecular weight is 291 g/mol. The van der Waals surface area contributed by atoms with Crippen LogP contribution in [0.25, 0.3) is 0 Å². The Kier molecular flexibility index (Phi) is 107. The van der Waals surface area contributed by atoms with Crippen LogP contribution in [0.1, 0.15) is 0 Å². The third-order valence-corrected chi connectivity index (χ3v) is 0. The molecule has 0 aliphatic rings. The Morgan fingerprint density at radius 2 is 1.17 bits per heavy atom. The molecule has 0 unspecified atom stereocenters. The van der Waals surface area contributed by atoms with E-state index < -0.39 is 19.1 Å². The van der Waals surface area contributed by atoms with Gasteiger partial charge in [0.05, 0.1) is 0 Å². The molecule has 0 saturated carbocycles. The molecule has 0 atom stereocenters. The van der Waals surface area contributed by atoms with Crippen molar-refractivity contribution in [2.45, 2.75) is 0 Å². The Hall–Kier alpha value is 2.25. The van der Waals surface area contributed by atoms with Crippen molar-refractivity contribution >= 4 is 8.41 Å². The summed E-state index contributed by atoms with van der Waals surface area (Å²) in [6.07, 6.45) is 0. The molecule has 0 heterocycles. The van der Waals surface area contributed by atoms with Crippen LogP contribution in [0.15, 0.2) is 0 Å². The molecule has 0 amide bonds. The second-order valence-corrected chi connectivity index (χ2v) is 0.344. The van der Waals surface area contributed by atoms with Crippen LogP contribution in [0, 0.1) is 40.8 Å². The van der Waals surface area contributed by atoms with E-state index in [0.29, 0.717) is 0 Å². The van der Waals surface area contributed by atoms with E-state index >= 15 is 0 Å². The van der Waals surface area contributed by atoms with E-state index in [-0.39, 0.29) is 66.3 Å². The molecule has 0 aliphatic heterocycles. The van der Waals surface area contributed by atoms with Crippen LogP contribution in [0.2, 0.25) is 0 Å². The normalized spacial score (nSPS) is 1.33. The van der Waals surface area contributed by atoms with Gasteiger partial charge in [0.15, 0.2) is 0 Å². The fourth-order valence-corrected chi connectivity index (χ4v) is 0. The third-order valence-electron chi connectivity index (χ3n) is 0. The first kappa shape index (κ1) is 24.0. The van der Waals surface area contributed by atoms with Crippen LogP contribution >= 0.6 is 0 Å². The van der Waals surface area contributed by atoms with Gasteiger partial charge in [-0.05, 0) is 0 Å². The van der Waals surface area contributed by atoms with Crippen molar-refractivity contribution in [3.05, 3.63) is 0 Å². The van der Waals surface area contributed by atoms with Crippen molar-refractivity contribution in [2.24, 2.45) is 0 Å². The van der Waals surface area contributed by atoms with Gasteiger partial charge in [0.25, 0.3) is 0 Å². The second-order valence-electron chi connectivity index (χ2n) is 0.0833. The molecular weight excluding hydrogens is 291 g/mol. The van der Waals surface area contributed by atoms with Crippen LogP contribution in [-0.2, 0) is 42.8 Å². The van der Waals surface area contributed by atoms with Crippen molar-refractivity contribution in [1.29, 1.82) is 0 Å². The van der Waals surface area contributed by atoms with E-state index in [4.69, 9.17) is 6.65 Å². The van der Waals surface area contributed by atoms with Crippen LogP contribution in [0.5, 0.6) is 0 Å². The standard InChI is InChI=1S/B.Fe.Nd.2O.Ti. The molecule has 0 rings (SSSR count). The van der Waals surface area contributed by atoms with E-state index in [1.807, 2.05) is 0 Å². The number of rotatable bonds is 0. The molecule has 0 bridgehead atoms. The van der Waals surface area contributed by atoms with Crippen molar-refractivity contribution in [3.63, 3.8) is 0 Å². The summed E-state index contributed by atoms with van der Waals surface area (Å²) in [5.74, 6) is 0. The van der Waals surface area contributed by atoms with Gasteiger partial charge in [0, 0.05) is 66.3 Å². The molecule has 0 aliphatic carbocycles. The monoisotopic (exact) mass is 289 g/mol. The third kappa shape index (κ3) is 34.0. The Morgan fingerprint density at radius 1 is 1.17 bits per heavy atom. The zero-order valence-corrected chi connectivity index (χ0v) is 8.62. The van der Waals surface area contributed by atoms with Gasteiger partial charge in [-0.1, -0.05) is 0 Å². The maximum absolute atomic E-state index is 8.50. The minimum absolute atomic E-state index is 0. The van der Waals surface area contributed by atoms with E-state index in [2.05, 4.69) is 0 Å². The Labute approximate surface area is 90.4 Å². The molecule has 31 valence electrons. The van der Waals surface area contributed by atoms with E-state index in [0.717, 1.165) is 0 Å². The van der Waals surface area contributed by atoms with Gasteiger partial charge < -0.3 is 0 Å². The molecular formula is BFeNdO2Ti. The Morgan fingerprint density at radius 3 is 1.17 bits per heavy atom. The van der Waals surface area contributed by atoms with Gasteiger partial charge in [0.2, 0.25) is 0 Å². The fourth-order valence-electron chi connectivity index (χ4n) is 0. The molecule has 3 radical (unpaired) electrons. The molecule has 0 aromatic rings. The first-order chi connectivity index (χ1) is 1.41. The van der Waals surface area contributed by atoms with Gasteiger partial charge in [-0.15, -0.1) is 0 Å². The maximum atomic E-state index is 8.50. The summed E-state index contributed by atoms with van der Waals surface area (Å²) in [5, 5.41) is 0. The summed E-state index contributed by atoms with van der Waals surface area (Å²) in [5.41, 5.74) is 0. The van der Waals surface area contributed by atoms with Gasteiger partial charge in [-0.3, -0.25) is 0 Å². The molecule has 0 spiro atoms. The first-order valence-electron chi connectivity index (χ1n) is 0.408. The summed E-state index contributed by atoms with van der Waals surface area (Å²) in [6, 6.07) is 0. The minimum atomic E-state index is -2.00. The number of hydrogen-bond donors (Lipinski definition) is 0. The van der Waals surface area contributed by atoms with Crippen molar-refractivity contribution < 1.29 is 83.6 Å². The van der Waals surface area contributed by atoms with E-state index in [1.165, 1.54) is 0 Å². The van der Waals surface area contributed by atoms with Crippen LogP contribution < -0.4 is 0 Å².